The standard InChI is InChI=1S/C29H30N2O7S/c1-5-15-30(20(2)17-28(32)36-3)25-11-12-26(24-9-7-6-8-23(24)25)31(19-29(33)37-4)39(34,35)22-10-13-27-21(18-22)14-16-38-27/h1,6-13,18,20H,14-17,19H2,2-4H3/t20-/m0/s1. The molecule has 0 spiro atoms. The van der Waals surface area contributed by atoms with Gasteiger partial charge in [0.2, 0.25) is 0 Å². The molecule has 0 saturated heterocycles. The molecule has 1 aliphatic rings. The number of rotatable bonds is 10. The molecule has 1 atom stereocenters. The third-order valence-corrected chi connectivity index (χ3v) is 8.44. The maximum Gasteiger partial charge on any atom is 0.326 e. The van der Waals surface area contributed by atoms with E-state index in [-0.39, 0.29) is 29.9 Å². The molecule has 0 N–H and O–H groups in total. The van der Waals surface area contributed by atoms with Gasteiger partial charge < -0.3 is 19.1 Å². The number of nitrogens with zero attached hydrogens (tertiary/aromatic N) is 2. The van der Waals surface area contributed by atoms with E-state index in [1.165, 1.54) is 20.3 Å². The fraction of sp³-hybridized carbons (Fsp3) is 0.310. The summed E-state index contributed by atoms with van der Waals surface area (Å²) in [6.07, 6.45) is 6.37. The zero-order chi connectivity index (χ0) is 28.2. The molecule has 39 heavy (non-hydrogen) atoms. The lowest BCUT2D eigenvalue weighted by Crippen LogP contribution is -2.37. The van der Waals surface area contributed by atoms with Gasteiger partial charge in [-0.15, -0.1) is 6.42 Å². The van der Waals surface area contributed by atoms with Crippen LogP contribution >= 0.6 is 0 Å². The van der Waals surface area contributed by atoms with Gasteiger partial charge in [0.15, 0.2) is 0 Å². The van der Waals surface area contributed by atoms with E-state index in [4.69, 9.17) is 20.6 Å². The summed E-state index contributed by atoms with van der Waals surface area (Å²) in [6, 6.07) is 15.0. The molecule has 3 aromatic rings. The maximum absolute atomic E-state index is 14.0. The predicted octanol–water partition coefficient (Wildman–Crippen LogP) is 3.53. The van der Waals surface area contributed by atoms with Crippen LogP contribution in [0.2, 0.25) is 0 Å². The average Bonchev–Trinajstić information content (AvgIpc) is 3.42. The van der Waals surface area contributed by atoms with Gasteiger partial charge in [-0.05, 0) is 42.8 Å². The van der Waals surface area contributed by atoms with E-state index in [0.29, 0.717) is 40.9 Å². The normalized spacial score (nSPS) is 13.1. The van der Waals surface area contributed by atoms with Gasteiger partial charge in [0, 0.05) is 28.9 Å². The molecule has 9 nitrogen and oxygen atoms in total. The zero-order valence-corrected chi connectivity index (χ0v) is 22.9. The van der Waals surface area contributed by atoms with Crippen molar-refractivity contribution >= 4 is 44.1 Å². The molecule has 0 radical (unpaired) electrons. The van der Waals surface area contributed by atoms with Crippen LogP contribution in [0.3, 0.4) is 0 Å². The Hall–Kier alpha value is -4.23. The maximum atomic E-state index is 14.0. The average molecular weight is 551 g/mol. The van der Waals surface area contributed by atoms with Crippen LogP contribution in [0, 0.1) is 12.3 Å². The number of sulfonamides is 1. The number of hydrogen-bond donors (Lipinski definition) is 0. The van der Waals surface area contributed by atoms with Crippen molar-refractivity contribution in [3.63, 3.8) is 0 Å². The highest BCUT2D eigenvalue weighted by atomic mass is 32.2. The van der Waals surface area contributed by atoms with Crippen LogP contribution in [-0.2, 0) is 35.5 Å². The van der Waals surface area contributed by atoms with Crippen molar-refractivity contribution in [2.45, 2.75) is 30.7 Å². The second-order valence-corrected chi connectivity index (χ2v) is 10.9. The molecular formula is C29H30N2O7S. The van der Waals surface area contributed by atoms with Gasteiger partial charge in [0.25, 0.3) is 10.0 Å². The van der Waals surface area contributed by atoms with Crippen molar-refractivity contribution in [3.8, 4) is 18.1 Å². The van der Waals surface area contributed by atoms with Gasteiger partial charge >= 0.3 is 11.9 Å². The fourth-order valence-electron chi connectivity index (χ4n) is 4.68. The van der Waals surface area contributed by atoms with Crippen LogP contribution in [0.15, 0.2) is 59.5 Å². The van der Waals surface area contributed by atoms with Crippen molar-refractivity contribution in [2.75, 3.05) is 43.1 Å². The van der Waals surface area contributed by atoms with E-state index < -0.39 is 22.5 Å². The van der Waals surface area contributed by atoms with E-state index in [0.717, 1.165) is 9.87 Å². The second-order valence-electron chi connectivity index (χ2n) is 9.07. The van der Waals surface area contributed by atoms with Gasteiger partial charge in [-0.2, -0.15) is 0 Å². The number of terminal acetylenes is 1. The minimum Gasteiger partial charge on any atom is -0.493 e. The molecule has 0 aromatic heterocycles. The van der Waals surface area contributed by atoms with E-state index >= 15 is 0 Å². The number of hydrogen-bond acceptors (Lipinski definition) is 8. The summed E-state index contributed by atoms with van der Waals surface area (Å²) in [4.78, 5) is 26.4. The zero-order valence-electron chi connectivity index (χ0n) is 22.0. The summed E-state index contributed by atoms with van der Waals surface area (Å²) >= 11 is 0. The first-order chi connectivity index (χ1) is 18.7. The van der Waals surface area contributed by atoms with Gasteiger partial charge in [-0.1, -0.05) is 30.2 Å². The smallest absolute Gasteiger partial charge is 0.326 e. The van der Waals surface area contributed by atoms with Gasteiger partial charge in [-0.25, -0.2) is 8.42 Å². The Bertz CT molecular complexity index is 1540. The van der Waals surface area contributed by atoms with E-state index in [2.05, 4.69) is 5.92 Å². The van der Waals surface area contributed by atoms with Crippen LogP contribution < -0.4 is 13.9 Å². The Morgan fingerprint density at radius 2 is 1.69 bits per heavy atom. The third kappa shape index (κ3) is 5.64. The number of benzene rings is 3. The number of anilines is 2. The van der Waals surface area contributed by atoms with Crippen molar-refractivity contribution < 1.29 is 32.2 Å². The molecule has 10 heteroatoms. The molecule has 0 unspecified atom stereocenters. The Balaban J connectivity index is 1.86. The monoisotopic (exact) mass is 550 g/mol. The van der Waals surface area contributed by atoms with Gasteiger partial charge in [0.1, 0.15) is 12.3 Å². The minimum absolute atomic E-state index is 0.0458. The number of fused-ring (bicyclic) bond motifs is 2. The Morgan fingerprint density at radius 3 is 2.36 bits per heavy atom. The summed E-state index contributed by atoms with van der Waals surface area (Å²) in [5.74, 6) is 2.20. The second kappa shape index (κ2) is 11.7. The molecule has 4 rings (SSSR count). The molecule has 1 aliphatic heterocycles. The first-order valence-electron chi connectivity index (χ1n) is 12.3. The van der Waals surface area contributed by atoms with E-state index in [9.17, 15) is 18.0 Å². The lowest BCUT2D eigenvalue weighted by molar-refractivity contribution is -0.141. The number of carbonyl (C=O) groups excluding carboxylic acids is 2. The highest BCUT2D eigenvalue weighted by Crippen LogP contribution is 2.38. The quantitative estimate of drug-likeness (QED) is 0.279. The van der Waals surface area contributed by atoms with Crippen LogP contribution in [0.1, 0.15) is 18.9 Å². The number of carbonyl (C=O) groups is 2. The molecule has 0 bridgehead atoms. The first kappa shape index (κ1) is 27.8. The van der Waals surface area contributed by atoms with Crippen molar-refractivity contribution in [1.82, 2.24) is 0 Å². The Kier molecular flexibility index (Phi) is 8.31. The summed E-state index contributed by atoms with van der Waals surface area (Å²) in [6.45, 7) is 2.04. The molecule has 1 heterocycles. The van der Waals surface area contributed by atoms with Gasteiger partial charge in [0.05, 0.1) is 44.4 Å². The van der Waals surface area contributed by atoms with Crippen LogP contribution in [0.4, 0.5) is 11.4 Å². The molecule has 204 valence electrons. The molecule has 0 saturated carbocycles. The van der Waals surface area contributed by atoms with Crippen LogP contribution in [-0.4, -0.2) is 60.3 Å². The number of methoxy groups -OCH3 is 2. The van der Waals surface area contributed by atoms with E-state index in [1.807, 2.05) is 24.0 Å². The van der Waals surface area contributed by atoms with Crippen LogP contribution in [0.5, 0.6) is 5.75 Å². The van der Waals surface area contributed by atoms with Crippen molar-refractivity contribution in [1.29, 1.82) is 0 Å². The first-order valence-corrected chi connectivity index (χ1v) is 13.8. The van der Waals surface area contributed by atoms with Gasteiger partial charge in [-0.3, -0.25) is 13.9 Å². The topological polar surface area (TPSA) is 102 Å². The molecular weight excluding hydrogens is 520 g/mol. The Morgan fingerprint density at radius 1 is 1.03 bits per heavy atom. The lowest BCUT2D eigenvalue weighted by atomic mass is 10.0. The third-order valence-electron chi connectivity index (χ3n) is 6.69. The minimum atomic E-state index is -4.18. The predicted molar refractivity (Wildman–Crippen MR) is 148 cm³/mol. The van der Waals surface area contributed by atoms with E-state index in [1.54, 1.807) is 36.4 Å². The van der Waals surface area contributed by atoms with Crippen LogP contribution in [0.25, 0.3) is 10.8 Å². The lowest BCUT2D eigenvalue weighted by Gasteiger charge is -2.32. The Labute approximate surface area is 228 Å². The van der Waals surface area contributed by atoms with Crippen molar-refractivity contribution in [2.24, 2.45) is 0 Å². The summed E-state index contributed by atoms with van der Waals surface area (Å²) < 4.78 is 44.3. The SMILES string of the molecule is C#CCN(c1ccc(N(CC(=O)OC)S(=O)(=O)c2ccc3c(c2)CCO3)c2ccccc12)[C@@H](C)CC(=O)OC. The highest BCUT2D eigenvalue weighted by Gasteiger charge is 2.31. The largest absolute Gasteiger partial charge is 0.493 e. The summed E-state index contributed by atoms with van der Waals surface area (Å²) in [7, 11) is -1.64. The number of esters is 2. The fourth-order valence-corrected chi connectivity index (χ4v) is 6.16. The summed E-state index contributed by atoms with van der Waals surface area (Å²) in [5.41, 5.74) is 1.81. The van der Waals surface area contributed by atoms with Crippen molar-refractivity contribution in [3.05, 3.63) is 60.2 Å². The number of ether oxygens (including phenoxy) is 3. The highest BCUT2D eigenvalue weighted by molar-refractivity contribution is 7.92. The molecule has 3 aromatic carbocycles. The molecule has 0 aliphatic carbocycles. The molecule has 0 amide bonds. The molecule has 0 fully saturated rings. The summed E-state index contributed by atoms with van der Waals surface area (Å²) in [5, 5.41) is 1.29.